The summed E-state index contributed by atoms with van der Waals surface area (Å²) in [4.78, 5) is 0. The van der Waals surface area contributed by atoms with Crippen LogP contribution in [0.25, 0.3) is 11.1 Å². The summed E-state index contributed by atoms with van der Waals surface area (Å²) in [7, 11) is 0. The number of hydrogen-bond acceptors (Lipinski definition) is 1. The molecule has 0 heterocycles. The van der Waals surface area contributed by atoms with Gasteiger partial charge in [-0.3, -0.25) is 0 Å². The van der Waals surface area contributed by atoms with Crippen LogP contribution in [0.2, 0.25) is 0 Å². The van der Waals surface area contributed by atoms with Gasteiger partial charge in [-0.2, -0.15) is 0 Å². The standard InChI is InChI=1S/C23H24O/c1-16-15-20-21(24)13-14-23(20,17(2)18-9-5-3-6-10-18)22(16)19-11-7-4-8-12-19/h3-12,20-21,24H,2,13-15H2,1H3/t20?,21-,23+/m1/s1. The first kappa shape index (κ1) is 15.4. The lowest BCUT2D eigenvalue weighted by molar-refractivity contribution is 0.120. The largest absolute Gasteiger partial charge is 0.393 e. The van der Waals surface area contributed by atoms with Crippen LogP contribution in [0.1, 0.15) is 37.3 Å². The summed E-state index contributed by atoms with van der Waals surface area (Å²) in [5.74, 6) is 0.250. The number of hydrogen-bond donors (Lipinski definition) is 1. The number of fused-ring (bicyclic) bond motifs is 1. The molecule has 0 spiro atoms. The van der Waals surface area contributed by atoms with E-state index in [9.17, 15) is 5.11 Å². The van der Waals surface area contributed by atoms with Gasteiger partial charge in [0.15, 0.2) is 0 Å². The molecule has 4 rings (SSSR count). The minimum Gasteiger partial charge on any atom is -0.393 e. The molecule has 0 radical (unpaired) electrons. The van der Waals surface area contributed by atoms with Crippen molar-refractivity contribution in [1.82, 2.24) is 0 Å². The van der Waals surface area contributed by atoms with E-state index in [-0.39, 0.29) is 17.4 Å². The van der Waals surface area contributed by atoms with Gasteiger partial charge >= 0.3 is 0 Å². The van der Waals surface area contributed by atoms with Crippen LogP contribution in [0, 0.1) is 11.3 Å². The smallest absolute Gasteiger partial charge is 0.0583 e. The van der Waals surface area contributed by atoms with E-state index in [0.717, 1.165) is 19.3 Å². The molecule has 1 fully saturated rings. The molecular formula is C23H24O. The monoisotopic (exact) mass is 316 g/mol. The van der Waals surface area contributed by atoms with E-state index in [1.54, 1.807) is 0 Å². The average Bonchev–Trinajstić information content (AvgIpc) is 3.10. The summed E-state index contributed by atoms with van der Waals surface area (Å²) in [6.45, 7) is 6.77. The third-order valence-electron chi connectivity index (χ3n) is 6.05. The second-order valence-electron chi connectivity index (χ2n) is 7.25. The minimum atomic E-state index is -0.235. The van der Waals surface area contributed by atoms with E-state index in [0.29, 0.717) is 0 Å². The van der Waals surface area contributed by atoms with Gasteiger partial charge in [-0.15, -0.1) is 0 Å². The highest BCUT2D eigenvalue weighted by Crippen LogP contribution is 2.65. The van der Waals surface area contributed by atoms with Crippen LogP contribution in [0.4, 0.5) is 0 Å². The van der Waals surface area contributed by atoms with Crippen LogP contribution in [-0.4, -0.2) is 11.2 Å². The second-order valence-corrected chi connectivity index (χ2v) is 7.25. The van der Waals surface area contributed by atoms with Crippen molar-refractivity contribution in [2.45, 2.75) is 32.3 Å². The molecule has 1 heteroatoms. The Labute approximate surface area is 144 Å². The molecule has 2 aliphatic rings. The number of allylic oxidation sites excluding steroid dienone is 3. The van der Waals surface area contributed by atoms with Gasteiger partial charge in [0.1, 0.15) is 0 Å². The first-order valence-corrected chi connectivity index (χ1v) is 8.83. The van der Waals surface area contributed by atoms with Crippen molar-refractivity contribution in [1.29, 1.82) is 0 Å². The van der Waals surface area contributed by atoms with E-state index in [4.69, 9.17) is 0 Å². The number of aliphatic hydroxyl groups excluding tert-OH is 1. The summed E-state index contributed by atoms with van der Waals surface area (Å²) in [6.07, 6.45) is 2.58. The molecule has 3 atom stereocenters. The summed E-state index contributed by atoms with van der Waals surface area (Å²) in [5.41, 5.74) is 6.32. The van der Waals surface area contributed by atoms with Gasteiger partial charge in [0.05, 0.1) is 6.10 Å². The van der Waals surface area contributed by atoms with Gasteiger partial charge in [0.25, 0.3) is 0 Å². The van der Waals surface area contributed by atoms with Crippen molar-refractivity contribution in [3.05, 3.63) is 83.9 Å². The molecule has 0 saturated heterocycles. The van der Waals surface area contributed by atoms with E-state index in [2.05, 4.69) is 68.1 Å². The zero-order valence-corrected chi connectivity index (χ0v) is 14.2. The lowest BCUT2D eigenvalue weighted by atomic mass is 9.66. The lowest BCUT2D eigenvalue weighted by Crippen LogP contribution is -2.29. The SMILES string of the molecule is C=C(c1ccccc1)[C@@]12CC[C@@H](O)C1CC(C)=C2c1ccccc1. The third kappa shape index (κ3) is 2.12. The van der Waals surface area contributed by atoms with E-state index in [1.807, 2.05) is 6.07 Å². The van der Waals surface area contributed by atoms with Crippen LogP contribution >= 0.6 is 0 Å². The maximum Gasteiger partial charge on any atom is 0.0583 e. The Morgan fingerprint density at radius 2 is 1.67 bits per heavy atom. The molecule has 1 unspecified atom stereocenters. The summed E-state index contributed by atoms with van der Waals surface area (Å²) in [6, 6.07) is 21.2. The Balaban J connectivity index is 1.89. The highest BCUT2D eigenvalue weighted by Gasteiger charge is 2.56. The Bertz CT molecular complexity index is 787. The number of benzene rings is 2. The van der Waals surface area contributed by atoms with E-state index < -0.39 is 0 Å². The topological polar surface area (TPSA) is 20.2 Å². The quantitative estimate of drug-likeness (QED) is 0.811. The molecular weight excluding hydrogens is 292 g/mol. The second kappa shape index (κ2) is 5.75. The Kier molecular flexibility index (Phi) is 3.69. The predicted octanol–water partition coefficient (Wildman–Crippen LogP) is 5.33. The van der Waals surface area contributed by atoms with Crippen molar-refractivity contribution >= 4 is 11.1 Å². The first-order valence-electron chi connectivity index (χ1n) is 8.83. The highest BCUT2D eigenvalue weighted by atomic mass is 16.3. The molecule has 24 heavy (non-hydrogen) atoms. The normalized spacial score (nSPS) is 28.9. The fraction of sp³-hybridized carbons (Fsp3) is 0.304. The molecule has 2 aliphatic carbocycles. The van der Waals surface area contributed by atoms with Gasteiger partial charge in [-0.1, -0.05) is 72.8 Å². The summed E-state index contributed by atoms with van der Waals surface area (Å²) in [5, 5.41) is 10.7. The summed E-state index contributed by atoms with van der Waals surface area (Å²) < 4.78 is 0. The lowest BCUT2D eigenvalue weighted by Gasteiger charge is -2.36. The molecule has 0 amide bonds. The zero-order chi connectivity index (χ0) is 16.7. The highest BCUT2D eigenvalue weighted by molar-refractivity contribution is 5.90. The van der Waals surface area contributed by atoms with E-state index in [1.165, 1.54) is 27.8 Å². The Morgan fingerprint density at radius 3 is 2.33 bits per heavy atom. The molecule has 1 N–H and O–H groups in total. The maximum atomic E-state index is 10.7. The Morgan fingerprint density at radius 1 is 1.04 bits per heavy atom. The van der Waals surface area contributed by atoms with Crippen molar-refractivity contribution in [3.8, 4) is 0 Å². The summed E-state index contributed by atoms with van der Waals surface area (Å²) >= 11 is 0. The van der Waals surface area contributed by atoms with Crippen LogP contribution in [0.3, 0.4) is 0 Å². The maximum absolute atomic E-state index is 10.7. The van der Waals surface area contributed by atoms with Crippen LogP contribution in [0.5, 0.6) is 0 Å². The molecule has 0 aromatic heterocycles. The number of rotatable bonds is 3. The van der Waals surface area contributed by atoms with E-state index >= 15 is 0 Å². The van der Waals surface area contributed by atoms with Crippen LogP contribution in [0.15, 0.2) is 72.8 Å². The third-order valence-corrected chi connectivity index (χ3v) is 6.05. The predicted molar refractivity (Wildman–Crippen MR) is 100 cm³/mol. The fourth-order valence-electron chi connectivity index (χ4n) is 5.06. The molecule has 1 saturated carbocycles. The molecule has 0 aliphatic heterocycles. The van der Waals surface area contributed by atoms with Crippen molar-refractivity contribution in [2.75, 3.05) is 0 Å². The van der Waals surface area contributed by atoms with Gasteiger partial charge in [0, 0.05) is 11.3 Å². The molecule has 1 nitrogen and oxygen atoms in total. The van der Waals surface area contributed by atoms with Gasteiger partial charge in [0.2, 0.25) is 0 Å². The van der Waals surface area contributed by atoms with Crippen molar-refractivity contribution in [3.63, 3.8) is 0 Å². The minimum absolute atomic E-state index is 0.133. The fourth-order valence-corrected chi connectivity index (χ4v) is 5.06. The molecule has 2 aromatic carbocycles. The van der Waals surface area contributed by atoms with Crippen LogP contribution < -0.4 is 0 Å². The first-order chi connectivity index (χ1) is 11.6. The van der Waals surface area contributed by atoms with Crippen molar-refractivity contribution in [2.24, 2.45) is 11.3 Å². The molecule has 0 bridgehead atoms. The average molecular weight is 316 g/mol. The van der Waals surface area contributed by atoms with Gasteiger partial charge < -0.3 is 5.11 Å². The molecule has 122 valence electrons. The molecule has 2 aromatic rings. The van der Waals surface area contributed by atoms with Crippen LogP contribution in [-0.2, 0) is 0 Å². The number of aliphatic hydroxyl groups is 1. The zero-order valence-electron chi connectivity index (χ0n) is 14.2. The van der Waals surface area contributed by atoms with Crippen molar-refractivity contribution < 1.29 is 5.11 Å². The van der Waals surface area contributed by atoms with Gasteiger partial charge in [-0.25, -0.2) is 0 Å². The van der Waals surface area contributed by atoms with Gasteiger partial charge in [-0.05, 0) is 48.5 Å². The Hall–Kier alpha value is -2.12.